The summed E-state index contributed by atoms with van der Waals surface area (Å²) in [6, 6.07) is -0.748. The second kappa shape index (κ2) is 36.5. The average molecular weight is 937 g/mol. The Kier molecular flexibility index (Phi) is 33.9. The molecule has 0 radical (unpaired) electrons. The summed E-state index contributed by atoms with van der Waals surface area (Å²) < 4.78 is 27.6. The predicted octanol–water partition coefficient (Wildman–Crippen LogP) is 1.55. The molecule has 0 aromatic carbocycles. The van der Waals surface area contributed by atoms with Crippen LogP contribution in [0, 0.1) is 17.8 Å². The van der Waals surface area contributed by atoms with Gasteiger partial charge in [-0.1, -0.05) is 53.9 Å². The van der Waals surface area contributed by atoms with Crippen molar-refractivity contribution in [2.45, 2.75) is 193 Å². The fourth-order valence-corrected chi connectivity index (χ4v) is 7.13. The average Bonchev–Trinajstić information content (AvgIpc) is 3.27. The molecule has 2 aliphatic heterocycles. The van der Waals surface area contributed by atoms with Crippen LogP contribution in [0.4, 0.5) is 0 Å². The van der Waals surface area contributed by atoms with Gasteiger partial charge in [-0.2, -0.15) is 0 Å². The first kappa shape index (κ1) is 60.5. The van der Waals surface area contributed by atoms with E-state index >= 15 is 0 Å². The van der Waals surface area contributed by atoms with Crippen LogP contribution in [-0.2, 0) is 42.9 Å². The minimum atomic E-state index is -1.20. The Labute approximate surface area is 387 Å². The second-order valence-electron chi connectivity index (χ2n) is 18.0. The fraction of sp³-hybridized carbons (Fsp3) is 0.913. The van der Waals surface area contributed by atoms with Gasteiger partial charge in [-0.25, -0.2) is 0 Å². The summed E-state index contributed by atoms with van der Waals surface area (Å²) in [5.41, 5.74) is 0. The first-order valence-electron chi connectivity index (χ1n) is 24.1. The minimum absolute atomic E-state index is 0.0121. The quantitative estimate of drug-likeness (QED) is 0.0418. The highest BCUT2D eigenvalue weighted by Gasteiger charge is 2.43. The SMILES string of the molecule is CC(C)C.COCCCNC(=O)CCCCCNC(=O)[C@H](CCCCNC(=O)CCCCCOC1OC(CO)C(O)C(O)C1C)NC(=O)CCCCCOC1OC(CO)C(O)C(O)C1C. The lowest BCUT2D eigenvalue weighted by Gasteiger charge is -2.40. The molecule has 2 rings (SSSR count). The van der Waals surface area contributed by atoms with Gasteiger partial charge in [0.25, 0.3) is 0 Å². The van der Waals surface area contributed by atoms with Crippen molar-refractivity contribution >= 4 is 23.6 Å². The van der Waals surface area contributed by atoms with Crippen molar-refractivity contribution in [3.63, 3.8) is 0 Å². The van der Waals surface area contributed by atoms with Crippen LogP contribution in [0.2, 0.25) is 0 Å². The van der Waals surface area contributed by atoms with E-state index in [1.165, 1.54) is 0 Å². The topological polar surface area (TPSA) is 284 Å². The third-order valence-corrected chi connectivity index (χ3v) is 11.2. The molecule has 0 spiro atoms. The Bertz CT molecular complexity index is 1260. The van der Waals surface area contributed by atoms with Crippen LogP contribution in [0.3, 0.4) is 0 Å². The van der Waals surface area contributed by atoms with E-state index in [1.807, 2.05) is 0 Å². The van der Waals surface area contributed by atoms with Gasteiger partial charge >= 0.3 is 0 Å². The zero-order valence-electron chi connectivity index (χ0n) is 40.3. The van der Waals surface area contributed by atoms with Gasteiger partial charge < -0.3 is 75.6 Å². The molecule has 2 saturated heterocycles. The number of aliphatic hydroxyl groups excluding tert-OH is 6. The van der Waals surface area contributed by atoms with Gasteiger partial charge in [0.2, 0.25) is 23.6 Å². The van der Waals surface area contributed by atoms with E-state index in [0.717, 1.165) is 25.2 Å². The predicted molar refractivity (Wildman–Crippen MR) is 243 cm³/mol. The molecular weight excluding hydrogens is 849 g/mol. The molecule has 2 aliphatic rings. The van der Waals surface area contributed by atoms with Crippen molar-refractivity contribution in [3.05, 3.63) is 0 Å². The molecule has 10 unspecified atom stereocenters. The summed E-state index contributed by atoms with van der Waals surface area (Å²) in [4.78, 5) is 50.6. The van der Waals surface area contributed by atoms with Gasteiger partial charge in [0.05, 0.1) is 25.4 Å². The lowest BCUT2D eigenvalue weighted by Crippen LogP contribution is -2.55. The molecule has 10 N–H and O–H groups in total. The molecular formula is C46H88N4O15. The number of hydrogen-bond donors (Lipinski definition) is 10. The molecule has 2 fully saturated rings. The molecule has 0 aromatic heterocycles. The number of unbranched alkanes of at least 4 members (excludes halogenated alkanes) is 7. The molecule has 0 aliphatic carbocycles. The highest BCUT2D eigenvalue weighted by atomic mass is 16.7. The monoisotopic (exact) mass is 937 g/mol. The zero-order chi connectivity index (χ0) is 48.6. The summed E-state index contributed by atoms with van der Waals surface area (Å²) in [6.45, 7) is 11.7. The molecule has 4 amide bonds. The van der Waals surface area contributed by atoms with Gasteiger partial charge in [0.1, 0.15) is 30.5 Å². The Balaban J connectivity index is 0.00000505. The van der Waals surface area contributed by atoms with Crippen LogP contribution in [0.1, 0.15) is 137 Å². The number of aliphatic hydroxyl groups is 6. The fourth-order valence-electron chi connectivity index (χ4n) is 7.13. The van der Waals surface area contributed by atoms with E-state index in [-0.39, 0.29) is 30.0 Å². The van der Waals surface area contributed by atoms with E-state index in [2.05, 4.69) is 42.0 Å². The van der Waals surface area contributed by atoms with Crippen molar-refractivity contribution in [3.8, 4) is 0 Å². The highest BCUT2D eigenvalue weighted by molar-refractivity contribution is 5.87. The Morgan fingerprint density at radius 3 is 1.42 bits per heavy atom. The molecule has 0 saturated carbocycles. The zero-order valence-corrected chi connectivity index (χ0v) is 40.3. The van der Waals surface area contributed by atoms with Crippen LogP contribution in [0.5, 0.6) is 0 Å². The number of hydrogen-bond acceptors (Lipinski definition) is 15. The van der Waals surface area contributed by atoms with Crippen LogP contribution in [0.25, 0.3) is 0 Å². The van der Waals surface area contributed by atoms with Crippen molar-refractivity contribution in [2.75, 3.05) is 59.8 Å². The van der Waals surface area contributed by atoms with Gasteiger partial charge in [-0.3, -0.25) is 19.2 Å². The van der Waals surface area contributed by atoms with E-state index < -0.39 is 80.3 Å². The molecule has 65 heavy (non-hydrogen) atoms. The largest absolute Gasteiger partial charge is 0.394 e. The molecule has 0 bridgehead atoms. The number of methoxy groups -OCH3 is 1. The van der Waals surface area contributed by atoms with Gasteiger partial charge in [0.15, 0.2) is 12.6 Å². The molecule has 382 valence electrons. The van der Waals surface area contributed by atoms with E-state index in [9.17, 15) is 49.8 Å². The van der Waals surface area contributed by atoms with Gasteiger partial charge in [-0.05, 0) is 70.1 Å². The van der Waals surface area contributed by atoms with Crippen molar-refractivity contribution in [1.82, 2.24) is 21.3 Å². The third-order valence-electron chi connectivity index (χ3n) is 11.2. The van der Waals surface area contributed by atoms with Crippen LogP contribution >= 0.6 is 0 Å². The molecule has 2 heterocycles. The Morgan fingerprint density at radius 1 is 0.538 bits per heavy atom. The highest BCUT2D eigenvalue weighted by Crippen LogP contribution is 2.28. The Morgan fingerprint density at radius 2 is 0.954 bits per heavy atom. The number of ether oxygens (including phenoxy) is 5. The van der Waals surface area contributed by atoms with Crippen molar-refractivity contribution < 1.29 is 73.5 Å². The Hall–Kier alpha value is -2.56. The lowest BCUT2D eigenvalue weighted by atomic mass is 9.92. The first-order valence-corrected chi connectivity index (χ1v) is 24.1. The number of nitrogens with one attached hydrogen (secondary N) is 4. The number of rotatable bonds is 33. The summed E-state index contributed by atoms with van der Waals surface area (Å²) in [6.07, 6.45) is 1.41. The summed E-state index contributed by atoms with van der Waals surface area (Å²) in [5.74, 6) is -0.755. The molecule has 11 atom stereocenters. The summed E-state index contributed by atoms with van der Waals surface area (Å²) >= 11 is 0. The maximum absolute atomic E-state index is 13.2. The molecule has 19 heteroatoms. The smallest absolute Gasteiger partial charge is 0.242 e. The number of carbonyl (C=O) groups is 4. The normalized spacial score (nSPS) is 25.9. The summed E-state index contributed by atoms with van der Waals surface area (Å²) in [7, 11) is 1.62. The second-order valence-corrected chi connectivity index (χ2v) is 18.0. The molecule has 19 nitrogen and oxygen atoms in total. The van der Waals surface area contributed by atoms with Crippen LogP contribution in [-0.4, -0.2) is 169 Å². The summed E-state index contributed by atoms with van der Waals surface area (Å²) in [5, 5.41) is 70.8. The van der Waals surface area contributed by atoms with Crippen molar-refractivity contribution in [2.24, 2.45) is 17.8 Å². The minimum Gasteiger partial charge on any atom is -0.394 e. The van der Waals surface area contributed by atoms with Crippen LogP contribution < -0.4 is 21.3 Å². The van der Waals surface area contributed by atoms with Gasteiger partial charge in [0, 0.05) is 77.7 Å². The van der Waals surface area contributed by atoms with E-state index in [1.54, 1.807) is 21.0 Å². The van der Waals surface area contributed by atoms with Crippen molar-refractivity contribution in [1.29, 1.82) is 0 Å². The maximum Gasteiger partial charge on any atom is 0.242 e. The first-order chi connectivity index (χ1) is 31.1. The maximum atomic E-state index is 13.2. The lowest BCUT2D eigenvalue weighted by molar-refractivity contribution is -0.282. The number of amides is 4. The van der Waals surface area contributed by atoms with Crippen LogP contribution in [0.15, 0.2) is 0 Å². The third kappa shape index (κ3) is 26.5. The molecule has 0 aromatic rings. The van der Waals surface area contributed by atoms with E-state index in [4.69, 9.17) is 23.7 Å². The number of carbonyl (C=O) groups excluding carboxylic acids is 4. The van der Waals surface area contributed by atoms with E-state index in [0.29, 0.717) is 117 Å². The standard InChI is InChI=1S/C42H78N4O15.C4H10/c1-28-36(52)38(54)31(26-47)60-41(28)58-24-13-5-8-18-33(49)43-20-12-10-16-30(40(56)45-21-11-4-7-17-34(50)44-22-15-23-57-3)46-35(51)19-9-6-14-25-59-42-29(2)37(53)39(55)32(27-48)61-42;1-4(2)3/h28-32,36-39,41-42,47-48,52-55H,4-27H2,1-3H3,(H,43,49)(H,44,50)(H,45,56)(H,46,51);4H,1-3H3/t28?,29?,30-,31?,32?,36?,37?,38?,39?,41?,42?;/m0./s1. The van der Waals surface area contributed by atoms with Gasteiger partial charge in [-0.15, -0.1) is 0 Å².